The van der Waals surface area contributed by atoms with E-state index in [-0.39, 0.29) is 17.0 Å². The minimum absolute atomic E-state index is 0.0210. The van der Waals surface area contributed by atoms with Crippen LogP contribution in [-0.4, -0.2) is 22.2 Å². The number of aromatic hydroxyl groups is 1. The predicted molar refractivity (Wildman–Crippen MR) is 104 cm³/mol. The molecule has 0 saturated heterocycles. The fourth-order valence-electron chi connectivity index (χ4n) is 2.55. The maximum absolute atomic E-state index is 12.2. The van der Waals surface area contributed by atoms with Gasteiger partial charge < -0.3 is 5.11 Å². The van der Waals surface area contributed by atoms with Crippen LogP contribution in [0, 0.1) is 10.1 Å². The molecule has 0 spiro atoms. The summed E-state index contributed by atoms with van der Waals surface area (Å²) in [6.07, 6.45) is 4.29. The highest BCUT2D eigenvalue weighted by Crippen LogP contribution is 2.24. The lowest BCUT2D eigenvalue weighted by Gasteiger charge is -2.05. The Labute approximate surface area is 154 Å². The Hall–Kier alpha value is -4.00. The van der Waals surface area contributed by atoms with Crippen molar-refractivity contribution in [2.75, 3.05) is 0 Å². The zero-order valence-corrected chi connectivity index (χ0v) is 14.1. The van der Waals surface area contributed by atoms with E-state index in [1.165, 1.54) is 30.5 Å². The van der Waals surface area contributed by atoms with E-state index in [9.17, 15) is 20.0 Å². The molecular weight excluding hydrogens is 346 g/mol. The number of nitro groups is 1. The number of hydrazone groups is 1. The number of para-hydroxylation sites is 1. The molecular formula is C20H15N3O4. The molecule has 1 amide bonds. The topological polar surface area (TPSA) is 105 Å². The summed E-state index contributed by atoms with van der Waals surface area (Å²) in [5.74, 6) is -0.703. The highest BCUT2D eigenvalue weighted by Gasteiger charge is 2.11. The molecule has 0 aromatic heterocycles. The van der Waals surface area contributed by atoms with Gasteiger partial charge in [0.2, 0.25) is 0 Å². The van der Waals surface area contributed by atoms with Gasteiger partial charge in [0.15, 0.2) is 0 Å². The van der Waals surface area contributed by atoms with E-state index < -0.39 is 10.8 Å². The van der Waals surface area contributed by atoms with Gasteiger partial charge in [-0.1, -0.05) is 36.4 Å². The third kappa shape index (κ3) is 4.16. The van der Waals surface area contributed by atoms with E-state index in [1.54, 1.807) is 24.3 Å². The number of fused-ring (bicyclic) bond motifs is 1. The van der Waals surface area contributed by atoms with Crippen molar-refractivity contribution >= 4 is 34.7 Å². The minimum atomic E-state index is -0.561. The molecule has 7 nitrogen and oxygen atoms in total. The van der Waals surface area contributed by atoms with Crippen LogP contribution in [-0.2, 0) is 0 Å². The van der Waals surface area contributed by atoms with Crippen molar-refractivity contribution in [1.29, 1.82) is 0 Å². The van der Waals surface area contributed by atoms with E-state index in [4.69, 9.17) is 0 Å². The highest BCUT2D eigenvalue weighted by atomic mass is 16.6. The second-order valence-electron chi connectivity index (χ2n) is 5.61. The number of hydrogen-bond donors (Lipinski definition) is 2. The molecule has 3 aromatic rings. The van der Waals surface area contributed by atoms with Crippen molar-refractivity contribution in [2.45, 2.75) is 0 Å². The lowest BCUT2D eigenvalue weighted by Crippen LogP contribution is -2.17. The van der Waals surface area contributed by atoms with Crippen LogP contribution in [0.25, 0.3) is 16.8 Å². The summed E-state index contributed by atoms with van der Waals surface area (Å²) < 4.78 is 0. The fourth-order valence-corrected chi connectivity index (χ4v) is 2.55. The summed E-state index contributed by atoms with van der Waals surface area (Å²) >= 11 is 0. The molecule has 3 rings (SSSR count). The molecule has 134 valence electrons. The van der Waals surface area contributed by atoms with Gasteiger partial charge in [-0.15, -0.1) is 0 Å². The molecule has 0 aliphatic carbocycles. The van der Waals surface area contributed by atoms with E-state index in [0.717, 1.165) is 10.8 Å². The van der Waals surface area contributed by atoms with E-state index in [0.29, 0.717) is 5.56 Å². The van der Waals surface area contributed by atoms with Crippen LogP contribution in [0.5, 0.6) is 5.75 Å². The average molecular weight is 361 g/mol. The van der Waals surface area contributed by atoms with Crippen molar-refractivity contribution in [3.63, 3.8) is 0 Å². The van der Waals surface area contributed by atoms with Gasteiger partial charge in [0, 0.05) is 12.3 Å². The molecule has 0 aliphatic rings. The summed E-state index contributed by atoms with van der Waals surface area (Å²) in [4.78, 5) is 22.7. The number of nitrogens with zero attached hydrogens (tertiary/aromatic N) is 2. The molecule has 0 aliphatic heterocycles. The number of amides is 1. The number of rotatable bonds is 5. The Balaban J connectivity index is 1.69. The smallest absolute Gasteiger partial charge is 0.276 e. The van der Waals surface area contributed by atoms with E-state index >= 15 is 0 Å². The summed E-state index contributed by atoms with van der Waals surface area (Å²) in [5, 5.41) is 26.4. The number of phenolic OH excluding ortho intramolecular Hbond substituents is 1. The van der Waals surface area contributed by atoms with Crippen LogP contribution in [0.15, 0.2) is 71.8 Å². The molecule has 7 heteroatoms. The quantitative estimate of drug-likeness (QED) is 0.409. The van der Waals surface area contributed by atoms with Gasteiger partial charge in [-0.25, -0.2) is 5.43 Å². The van der Waals surface area contributed by atoms with Gasteiger partial charge in [0.1, 0.15) is 5.75 Å². The van der Waals surface area contributed by atoms with E-state index in [1.807, 2.05) is 24.3 Å². The van der Waals surface area contributed by atoms with Gasteiger partial charge in [-0.05, 0) is 41.1 Å². The van der Waals surface area contributed by atoms with Crippen LogP contribution >= 0.6 is 0 Å². The Kier molecular flexibility index (Phi) is 5.22. The van der Waals surface area contributed by atoms with Crippen LogP contribution < -0.4 is 5.43 Å². The highest BCUT2D eigenvalue weighted by molar-refractivity contribution is 6.01. The number of nitro benzene ring substituents is 1. The summed E-state index contributed by atoms with van der Waals surface area (Å²) in [7, 11) is 0. The molecule has 0 unspecified atom stereocenters. The zero-order chi connectivity index (χ0) is 19.2. The Bertz CT molecular complexity index is 1070. The van der Waals surface area contributed by atoms with Crippen LogP contribution in [0.1, 0.15) is 15.9 Å². The number of allylic oxidation sites excluding steroid dienone is 1. The minimum Gasteiger partial charge on any atom is -0.507 e. The number of carbonyl (C=O) groups excluding carboxylic acids is 1. The summed E-state index contributed by atoms with van der Waals surface area (Å²) in [6.45, 7) is 0. The molecule has 0 heterocycles. The maximum atomic E-state index is 12.2. The Morgan fingerprint density at radius 3 is 2.48 bits per heavy atom. The standard InChI is InChI=1S/C20H15N3O4/c24-19-13-16-8-2-1-7-15(16)12-17(19)20(25)22-21-11-5-9-14-6-3-4-10-18(14)23(26)27/h1-13,24H,(H,22,25). The van der Waals surface area contributed by atoms with E-state index in [2.05, 4.69) is 10.5 Å². The largest absolute Gasteiger partial charge is 0.507 e. The van der Waals surface area contributed by atoms with Gasteiger partial charge >= 0.3 is 0 Å². The van der Waals surface area contributed by atoms with Crippen molar-refractivity contribution in [3.8, 4) is 5.75 Å². The monoisotopic (exact) mass is 361 g/mol. The number of nitrogens with one attached hydrogen (secondary N) is 1. The Morgan fingerprint density at radius 1 is 1.07 bits per heavy atom. The first-order valence-corrected chi connectivity index (χ1v) is 8.01. The van der Waals surface area contributed by atoms with Crippen molar-refractivity contribution in [3.05, 3.63) is 88.0 Å². The molecule has 0 atom stereocenters. The third-order valence-corrected chi connectivity index (χ3v) is 3.84. The fraction of sp³-hybridized carbons (Fsp3) is 0. The summed E-state index contributed by atoms with van der Waals surface area (Å²) in [6, 6.07) is 16.7. The number of phenols is 1. The second-order valence-corrected chi connectivity index (χ2v) is 5.61. The Morgan fingerprint density at radius 2 is 1.74 bits per heavy atom. The first kappa shape index (κ1) is 17.8. The normalized spacial score (nSPS) is 11.3. The molecule has 0 fully saturated rings. The van der Waals surface area contributed by atoms with Gasteiger partial charge in [-0.2, -0.15) is 5.10 Å². The summed E-state index contributed by atoms with van der Waals surface area (Å²) in [5.41, 5.74) is 2.82. The molecule has 0 saturated carbocycles. The molecule has 27 heavy (non-hydrogen) atoms. The second kappa shape index (κ2) is 7.92. The van der Waals surface area contributed by atoms with Crippen molar-refractivity contribution in [2.24, 2.45) is 5.10 Å². The lowest BCUT2D eigenvalue weighted by atomic mass is 10.1. The average Bonchev–Trinajstić information content (AvgIpc) is 2.67. The number of hydrogen-bond acceptors (Lipinski definition) is 5. The van der Waals surface area contributed by atoms with Gasteiger partial charge in [0.05, 0.1) is 16.1 Å². The van der Waals surface area contributed by atoms with Crippen LogP contribution in [0.4, 0.5) is 5.69 Å². The lowest BCUT2D eigenvalue weighted by molar-refractivity contribution is -0.385. The third-order valence-electron chi connectivity index (χ3n) is 3.84. The maximum Gasteiger partial charge on any atom is 0.276 e. The van der Waals surface area contributed by atoms with Crippen LogP contribution in [0.3, 0.4) is 0 Å². The van der Waals surface area contributed by atoms with Gasteiger partial charge in [-0.3, -0.25) is 14.9 Å². The van der Waals surface area contributed by atoms with Crippen molar-refractivity contribution in [1.82, 2.24) is 5.43 Å². The zero-order valence-electron chi connectivity index (χ0n) is 14.1. The molecule has 0 radical (unpaired) electrons. The predicted octanol–water partition coefficient (Wildman–Crippen LogP) is 3.88. The van der Waals surface area contributed by atoms with Crippen molar-refractivity contribution < 1.29 is 14.8 Å². The first-order chi connectivity index (χ1) is 13.1. The van der Waals surface area contributed by atoms with Gasteiger partial charge in [0.25, 0.3) is 11.6 Å². The first-order valence-electron chi connectivity index (χ1n) is 8.01. The number of carbonyl (C=O) groups is 1. The molecule has 0 bridgehead atoms. The molecule has 3 aromatic carbocycles. The SMILES string of the molecule is O=C(NN=CC=Cc1ccccc1[N+](=O)[O-])c1cc2ccccc2cc1O. The number of benzene rings is 3. The molecule has 2 N–H and O–H groups in total. The van der Waals surface area contributed by atoms with Crippen LogP contribution in [0.2, 0.25) is 0 Å².